The van der Waals surface area contributed by atoms with Gasteiger partial charge < -0.3 is 15.3 Å². The van der Waals surface area contributed by atoms with Crippen LogP contribution in [0.4, 0.5) is 5.69 Å². The van der Waals surface area contributed by atoms with E-state index in [0.29, 0.717) is 13.1 Å². The number of hydrogen-bond acceptors (Lipinski definition) is 3. The fourth-order valence-corrected chi connectivity index (χ4v) is 2.26. The molecule has 0 aromatic heterocycles. The van der Waals surface area contributed by atoms with Crippen LogP contribution in [0.3, 0.4) is 0 Å². The minimum atomic E-state index is -0.933. The van der Waals surface area contributed by atoms with Crippen LogP contribution in [0.1, 0.15) is 29.3 Å². The SMILES string of the molecule is CCCNCC(=O)N1CCc2cc(C(=O)O)ccc21. The second-order valence-electron chi connectivity index (χ2n) is 4.62. The minimum Gasteiger partial charge on any atom is -0.478 e. The Kier molecular flexibility index (Phi) is 4.16. The quantitative estimate of drug-likeness (QED) is 0.784. The lowest BCUT2D eigenvalue weighted by molar-refractivity contribution is -0.117. The van der Waals surface area contributed by atoms with Crippen molar-refractivity contribution in [2.75, 3.05) is 24.5 Å². The Hall–Kier alpha value is -1.88. The molecule has 0 radical (unpaired) electrons. The molecule has 5 heteroatoms. The predicted octanol–water partition coefficient (Wildman–Crippen LogP) is 1.27. The van der Waals surface area contributed by atoms with Crippen molar-refractivity contribution in [3.8, 4) is 0 Å². The summed E-state index contributed by atoms with van der Waals surface area (Å²) in [5, 5.41) is 12.0. The Balaban J connectivity index is 2.09. The fourth-order valence-electron chi connectivity index (χ4n) is 2.26. The maximum Gasteiger partial charge on any atom is 0.335 e. The first-order valence-corrected chi connectivity index (χ1v) is 6.50. The van der Waals surface area contributed by atoms with Gasteiger partial charge in [-0.25, -0.2) is 4.79 Å². The second-order valence-corrected chi connectivity index (χ2v) is 4.62. The third-order valence-corrected chi connectivity index (χ3v) is 3.23. The molecule has 1 aliphatic rings. The van der Waals surface area contributed by atoms with Crippen LogP contribution < -0.4 is 10.2 Å². The molecule has 1 aliphatic heterocycles. The monoisotopic (exact) mass is 262 g/mol. The summed E-state index contributed by atoms with van der Waals surface area (Å²) in [6.07, 6.45) is 1.71. The maximum absolute atomic E-state index is 12.0. The summed E-state index contributed by atoms with van der Waals surface area (Å²) >= 11 is 0. The highest BCUT2D eigenvalue weighted by Gasteiger charge is 2.24. The van der Waals surface area contributed by atoms with Crippen molar-refractivity contribution in [3.05, 3.63) is 29.3 Å². The molecule has 1 amide bonds. The number of nitrogens with zero attached hydrogens (tertiary/aromatic N) is 1. The lowest BCUT2D eigenvalue weighted by atomic mass is 10.1. The average Bonchev–Trinajstić information content (AvgIpc) is 2.81. The zero-order valence-corrected chi connectivity index (χ0v) is 11.0. The third-order valence-electron chi connectivity index (χ3n) is 3.23. The predicted molar refractivity (Wildman–Crippen MR) is 72.6 cm³/mol. The number of benzene rings is 1. The van der Waals surface area contributed by atoms with E-state index in [1.165, 1.54) is 0 Å². The summed E-state index contributed by atoms with van der Waals surface area (Å²) in [6.45, 7) is 3.83. The van der Waals surface area contributed by atoms with Gasteiger partial charge in [-0.15, -0.1) is 0 Å². The van der Waals surface area contributed by atoms with Gasteiger partial charge in [0.2, 0.25) is 5.91 Å². The number of fused-ring (bicyclic) bond motifs is 1. The molecule has 0 saturated carbocycles. The molecule has 2 N–H and O–H groups in total. The van der Waals surface area contributed by atoms with Crippen LogP contribution in [0.5, 0.6) is 0 Å². The first kappa shape index (κ1) is 13.5. The zero-order valence-electron chi connectivity index (χ0n) is 11.0. The molecular formula is C14H18N2O3. The second kappa shape index (κ2) is 5.84. The summed E-state index contributed by atoms with van der Waals surface area (Å²) in [5.41, 5.74) is 2.05. The molecule has 0 unspecified atom stereocenters. The fraction of sp³-hybridized carbons (Fsp3) is 0.429. The van der Waals surface area contributed by atoms with Gasteiger partial charge in [0.1, 0.15) is 0 Å². The van der Waals surface area contributed by atoms with Gasteiger partial charge in [0.25, 0.3) is 0 Å². The number of hydrogen-bond donors (Lipinski definition) is 2. The summed E-state index contributed by atoms with van der Waals surface area (Å²) in [5.74, 6) is -0.896. The molecule has 2 rings (SSSR count). The van der Waals surface area contributed by atoms with Crippen molar-refractivity contribution in [1.82, 2.24) is 5.32 Å². The van der Waals surface area contributed by atoms with Crippen molar-refractivity contribution < 1.29 is 14.7 Å². The largest absolute Gasteiger partial charge is 0.478 e. The molecule has 0 aliphatic carbocycles. The van der Waals surface area contributed by atoms with Crippen LogP contribution >= 0.6 is 0 Å². The molecule has 102 valence electrons. The summed E-state index contributed by atoms with van der Waals surface area (Å²) < 4.78 is 0. The molecule has 0 saturated heterocycles. The van der Waals surface area contributed by atoms with E-state index in [9.17, 15) is 9.59 Å². The van der Waals surface area contributed by atoms with Gasteiger partial charge in [0.15, 0.2) is 0 Å². The van der Waals surface area contributed by atoms with Crippen LogP contribution in [0.15, 0.2) is 18.2 Å². The molecule has 1 aromatic carbocycles. The Morgan fingerprint density at radius 3 is 2.89 bits per heavy atom. The highest BCUT2D eigenvalue weighted by atomic mass is 16.4. The highest BCUT2D eigenvalue weighted by Crippen LogP contribution is 2.28. The molecule has 0 bridgehead atoms. The lowest BCUT2D eigenvalue weighted by Gasteiger charge is -2.17. The summed E-state index contributed by atoms with van der Waals surface area (Å²) in [4.78, 5) is 24.7. The molecule has 0 spiro atoms. The first-order valence-electron chi connectivity index (χ1n) is 6.50. The summed E-state index contributed by atoms with van der Waals surface area (Å²) in [6, 6.07) is 4.93. The molecular weight excluding hydrogens is 244 g/mol. The number of carbonyl (C=O) groups excluding carboxylic acids is 1. The van der Waals surface area contributed by atoms with Gasteiger partial charge in [-0.1, -0.05) is 6.92 Å². The van der Waals surface area contributed by atoms with E-state index >= 15 is 0 Å². The molecule has 19 heavy (non-hydrogen) atoms. The van der Waals surface area contributed by atoms with E-state index < -0.39 is 5.97 Å². The molecule has 1 heterocycles. The third kappa shape index (κ3) is 2.93. The number of carbonyl (C=O) groups is 2. The minimum absolute atomic E-state index is 0.0373. The van der Waals surface area contributed by atoms with Crippen LogP contribution in [-0.4, -0.2) is 36.6 Å². The zero-order chi connectivity index (χ0) is 13.8. The van der Waals surface area contributed by atoms with Crippen molar-refractivity contribution in [3.63, 3.8) is 0 Å². The van der Waals surface area contributed by atoms with Gasteiger partial charge in [0, 0.05) is 12.2 Å². The lowest BCUT2D eigenvalue weighted by Crippen LogP contribution is -2.37. The van der Waals surface area contributed by atoms with Gasteiger partial charge >= 0.3 is 5.97 Å². The van der Waals surface area contributed by atoms with E-state index in [0.717, 1.165) is 30.6 Å². The maximum atomic E-state index is 12.0. The number of rotatable bonds is 5. The van der Waals surface area contributed by atoms with Crippen molar-refractivity contribution in [1.29, 1.82) is 0 Å². The molecule has 5 nitrogen and oxygen atoms in total. The summed E-state index contributed by atoms with van der Waals surface area (Å²) in [7, 11) is 0. The number of amides is 1. The molecule has 0 fully saturated rings. The van der Waals surface area contributed by atoms with E-state index in [1.807, 2.05) is 0 Å². The highest BCUT2D eigenvalue weighted by molar-refractivity contribution is 5.98. The first-order chi connectivity index (χ1) is 9.13. The number of nitrogens with one attached hydrogen (secondary N) is 1. The standard InChI is InChI=1S/C14H18N2O3/c1-2-6-15-9-13(17)16-7-5-10-8-11(14(18)19)3-4-12(10)16/h3-4,8,15H,2,5-7,9H2,1H3,(H,18,19). The van der Waals surface area contributed by atoms with Crippen molar-refractivity contribution in [2.45, 2.75) is 19.8 Å². The van der Waals surface area contributed by atoms with Crippen molar-refractivity contribution in [2.24, 2.45) is 0 Å². The number of anilines is 1. The molecule has 1 aromatic rings. The van der Waals surface area contributed by atoms with Crippen LogP contribution in [0, 0.1) is 0 Å². The van der Waals surface area contributed by atoms with E-state index in [2.05, 4.69) is 12.2 Å². The van der Waals surface area contributed by atoms with Gasteiger partial charge in [-0.2, -0.15) is 0 Å². The number of carboxylic acids is 1. The van der Waals surface area contributed by atoms with Crippen LogP contribution in [0.25, 0.3) is 0 Å². The van der Waals surface area contributed by atoms with Crippen molar-refractivity contribution >= 4 is 17.6 Å². The van der Waals surface area contributed by atoms with Gasteiger partial charge in [-0.05, 0) is 43.1 Å². The van der Waals surface area contributed by atoms with Gasteiger partial charge in [-0.3, -0.25) is 4.79 Å². The average molecular weight is 262 g/mol. The normalized spacial score (nSPS) is 13.4. The Morgan fingerprint density at radius 1 is 1.42 bits per heavy atom. The Morgan fingerprint density at radius 2 is 2.21 bits per heavy atom. The Bertz CT molecular complexity index is 499. The Labute approximate surface area is 112 Å². The van der Waals surface area contributed by atoms with E-state index in [4.69, 9.17) is 5.11 Å². The number of carboxylic acid groups (broad SMARTS) is 1. The van der Waals surface area contributed by atoms with E-state index in [-0.39, 0.29) is 11.5 Å². The smallest absolute Gasteiger partial charge is 0.335 e. The molecule has 0 atom stereocenters. The topological polar surface area (TPSA) is 69.6 Å². The number of aromatic carboxylic acids is 1. The van der Waals surface area contributed by atoms with E-state index in [1.54, 1.807) is 23.1 Å². The van der Waals surface area contributed by atoms with Gasteiger partial charge in [0.05, 0.1) is 12.1 Å². The van der Waals surface area contributed by atoms with Crippen LogP contribution in [-0.2, 0) is 11.2 Å². The van der Waals surface area contributed by atoms with Crippen LogP contribution in [0.2, 0.25) is 0 Å².